The van der Waals surface area contributed by atoms with Crippen molar-refractivity contribution in [2.45, 2.75) is 65.4 Å². The van der Waals surface area contributed by atoms with Crippen molar-refractivity contribution >= 4 is 0 Å². The van der Waals surface area contributed by atoms with Crippen LogP contribution in [0.15, 0.2) is 0 Å². The van der Waals surface area contributed by atoms with Gasteiger partial charge in [0.1, 0.15) is 0 Å². The minimum Gasteiger partial charge on any atom is -0.389 e. The first-order chi connectivity index (χ1) is 7.37. The van der Waals surface area contributed by atoms with E-state index in [9.17, 15) is 10.4 Å². The van der Waals surface area contributed by atoms with E-state index in [1.54, 1.807) is 0 Å². The highest BCUT2D eigenvalue weighted by Crippen LogP contribution is 2.51. The molecule has 0 spiro atoms. The molecule has 0 saturated heterocycles. The van der Waals surface area contributed by atoms with Crippen molar-refractivity contribution in [1.82, 2.24) is 0 Å². The topological polar surface area (TPSA) is 44.0 Å². The van der Waals surface area contributed by atoms with Crippen LogP contribution >= 0.6 is 0 Å². The molecule has 0 heterocycles. The fraction of sp³-hybridized carbons (Fsp3) is 0.929. The van der Waals surface area contributed by atoms with Gasteiger partial charge in [0.15, 0.2) is 0 Å². The second kappa shape index (κ2) is 4.75. The lowest BCUT2D eigenvalue weighted by molar-refractivity contribution is -0.0539. The molecule has 0 radical (unpaired) electrons. The minimum atomic E-state index is -0.833. The van der Waals surface area contributed by atoms with Gasteiger partial charge in [0, 0.05) is 0 Å². The number of hydrogen-bond donors (Lipinski definition) is 1. The lowest BCUT2D eigenvalue weighted by atomic mass is 9.68. The Hall–Kier alpha value is -0.550. The number of rotatable bonds is 4. The van der Waals surface area contributed by atoms with E-state index in [-0.39, 0.29) is 0 Å². The van der Waals surface area contributed by atoms with Gasteiger partial charge in [-0.05, 0) is 44.4 Å². The lowest BCUT2D eigenvalue weighted by Gasteiger charge is -2.39. The summed E-state index contributed by atoms with van der Waals surface area (Å²) in [6.07, 6.45) is 4.68. The molecule has 0 aromatic heterocycles. The van der Waals surface area contributed by atoms with E-state index in [0.29, 0.717) is 11.8 Å². The second-order valence-corrected chi connectivity index (χ2v) is 6.08. The molecular formula is C14H25NO. The van der Waals surface area contributed by atoms with Crippen LogP contribution in [0.4, 0.5) is 0 Å². The van der Waals surface area contributed by atoms with Crippen LogP contribution in [-0.4, -0.2) is 10.7 Å². The van der Waals surface area contributed by atoms with Crippen LogP contribution in [0, 0.1) is 28.6 Å². The van der Waals surface area contributed by atoms with Crippen LogP contribution in [0.1, 0.15) is 59.8 Å². The third-order valence-corrected chi connectivity index (χ3v) is 4.24. The molecule has 16 heavy (non-hydrogen) atoms. The molecule has 3 atom stereocenters. The molecule has 1 rings (SSSR count). The first-order valence-electron chi connectivity index (χ1n) is 6.50. The Kier molecular flexibility index (Phi) is 4.02. The van der Waals surface area contributed by atoms with Crippen molar-refractivity contribution in [3.8, 4) is 6.07 Å². The summed E-state index contributed by atoms with van der Waals surface area (Å²) in [5.74, 6) is 1.05. The van der Waals surface area contributed by atoms with Gasteiger partial charge >= 0.3 is 0 Å². The summed E-state index contributed by atoms with van der Waals surface area (Å²) in [5.41, 5.74) is -1.34. The van der Waals surface area contributed by atoms with Crippen LogP contribution in [-0.2, 0) is 0 Å². The van der Waals surface area contributed by atoms with Crippen molar-refractivity contribution < 1.29 is 5.11 Å². The van der Waals surface area contributed by atoms with Gasteiger partial charge in [0.2, 0.25) is 0 Å². The Morgan fingerprint density at radius 3 is 2.56 bits per heavy atom. The summed E-state index contributed by atoms with van der Waals surface area (Å²) in [6, 6.07) is 2.44. The van der Waals surface area contributed by atoms with Crippen LogP contribution in [0.3, 0.4) is 0 Å². The van der Waals surface area contributed by atoms with Crippen molar-refractivity contribution in [2.75, 3.05) is 0 Å². The largest absolute Gasteiger partial charge is 0.389 e. The molecule has 2 heteroatoms. The Bertz CT molecular complexity index is 277. The maximum absolute atomic E-state index is 10.6. The van der Waals surface area contributed by atoms with E-state index in [1.807, 2.05) is 6.92 Å². The SMILES string of the molecule is CCC1CCC(C#N)(C(C)(O)CC(C)C)C1. The number of nitrogens with zero attached hydrogens (tertiary/aromatic N) is 1. The van der Waals surface area contributed by atoms with E-state index < -0.39 is 11.0 Å². The quantitative estimate of drug-likeness (QED) is 0.792. The predicted molar refractivity (Wildman–Crippen MR) is 65.8 cm³/mol. The minimum absolute atomic E-state index is 0.431. The highest BCUT2D eigenvalue weighted by Gasteiger charge is 2.51. The summed E-state index contributed by atoms with van der Waals surface area (Å²) in [7, 11) is 0. The molecule has 0 amide bonds. The van der Waals surface area contributed by atoms with Gasteiger partial charge in [0.05, 0.1) is 17.1 Å². The van der Waals surface area contributed by atoms with Crippen molar-refractivity contribution in [3.63, 3.8) is 0 Å². The molecule has 0 bridgehead atoms. The first kappa shape index (κ1) is 13.5. The van der Waals surface area contributed by atoms with Crippen LogP contribution in [0.25, 0.3) is 0 Å². The van der Waals surface area contributed by atoms with E-state index in [1.165, 1.54) is 0 Å². The molecule has 1 saturated carbocycles. The lowest BCUT2D eigenvalue weighted by Crippen LogP contribution is -2.44. The number of nitriles is 1. The molecule has 1 aliphatic carbocycles. The van der Waals surface area contributed by atoms with Gasteiger partial charge in [-0.3, -0.25) is 0 Å². The summed E-state index contributed by atoms with van der Waals surface area (Å²) < 4.78 is 0. The summed E-state index contributed by atoms with van der Waals surface area (Å²) in [5, 5.41) is 20.1. The molecule has 0 aliphatic heterocycles. The highest BCUT2D eigenvalue weighted by atomic mass is 16.3. The van der Waals surface area contributed by atoms with Crippen LogP contribution < -0.4 is 0 Å². The Balaban J connectivity index is 2.86. The molecule has 1 N–H and O–H groups in total. The summed E-state index contributed by atoms with van der Waals surface area (Å²) in [6.45, 7) is 8.24. The van der Waals surface area contributed by atoms with E-state index >= 15 is 0 Å². The van der Waals surface area contributed by atoms with Gasteiger partial charge < -0.3 is 5.11 Å². The molecule has 3 unspecified atom stereocenters. The van der Waals surface area contributed by atoms with Gasteiger partial charge in [-0.15, -0.1) is 0 Å². The monoisotopic (exact) mass is 223 g/mol. The molecular weight excluding hydrogens is 198 g/mol. The normalized spacial score (nSPS) is 33.7. The zero-order valence-electron chi connectivity index (χ0n) is 11.1. The molecule has 1 fully saturated rings. The van der Waals surface area contributed by atoms with E-state index in [0.717, 1.165) is 32.1 Å². The Labute approximate surface area is 99.7 Å². The summed E-state index contributed by atoms with van der Waals surface area (Å²) >= 11 is 0. The fourth-order valence-corrected chi connectivity index (χ4v) is 3.20. The standard InChI is InChI=1S/C14H25NO/c1-5-12-6-7-14(9-12,10-15)13(4,16)8-11(2)3/h11-12,16H,5-9H2,1-4H3. The number of hydrogen-bond acceptors (Lipinski definition) is 2. The Morgan fingerprint density at radius 2 is 2.19 bits per heavy atom. The third kappa shape index (κ3) is 2.40. The predicted octanol–water partition coefficient (Wildman–Crippen LogP) is 3.50. The van der Waals surface area contributed by atoms with Crippen LogP contribution in [0.2, 0.25) is 0 Å². The van der Waals surface area contributed by atoms with Crippen molar-refractivity contribution in [3.05, 3.63) is 0 Å². The smallest absolute Gasteiger partial charge is 0.0860 e. The molecule has 0 aromatic carbocycles. The van der Waals surface area contributed by atoms with Crippen molar-refractivity contribution in [1.29, 1.82) is 5.26 Å². The first-order valence-corrected chi connectivity index (χ1v) is 6.50. The zero-order chi connectivity index (χ0) is 12.4. The second-order valence-electron chi connectivity index (χ2n) is 6.08. The molecule has 92 valence electrons. The van der Waals surface area contributed by atoms with Crippen LogP contribution in [0.5, 0.6) is 0 Å². The van der Waals surface area contributed by atoms with E-state index in [2.05, 4.69) is 26.8 Å². The fourth-order valence-electron chi connectivity index (χ4n) is 3.20. The number of aliphatic hydroxyl groups is 1. The average Bonchev–Trinajstić information content (AvgIpc) is 2.60. The zero-order valence-corrected chi connectivity index (χ0v) is 11.1. The molecule has 2 nitrogen and oxygen atoms in total. The third-order valence-electron chi connectivity index (χ3n) is 4.24. The summed E-state index contributed by atoms with van der Waals surface area (Å²) in [4.78, 5) is 0. The Morgan fingerprint density at radius 1 is 1.56 bits per heavy atom. The van der Waals surface area contributed by atoms with E-state index in [4.69, 9.17) is 0 Å². The average molecular weight is 223 g/mol. The van der Waals surface area contributed by atoms with Crippen molar-refractivity contribution in [2.24, 2.45) is 17.3 Å². The molecule has 1 aliphatic rings. The maximum atomic E-state index is 10.6. The highest BCUT2D eigenvalue weighted by molar-refractivity contribution is 5.13. The maximum Gasteiger partial charge on any atom is 0.0860 e. The van der Waals surface area contributed by atoms with Gasteiger partial charge in [-0.25, -0.2) is 0 Å². The van der Waals surface area contributed by atoms with Gasteiger partial charge in [-0.1, -0.05) is 27.2 Å². The molecule has 0 aromatic rings. The van der Waals surface area contributed by atoms with Gasteiger partial charge in [0.25, 0.3) is 0 Å². The van der Waals surface area contributed by atoms with Gasteiger partial charge in [-0.2, -0.15) is 5.26 Å².